The molecule has 0 amide bonds. The van der Waals surface area contributed by atoms with Crippen LogP contribution in [0.1, 0.15) is 118 Å². The summed E-state index contributed by atoms with van der Waals surface area (Å²) in [6.07, 6.45) is 21.3. The van der Waals surface area contributed by atoms with Crippen LogP contribution in [0.3, 0.4) is 0 Å². The highest BCUT2D eigenvalue weighted by Crippen LogP contribution is 2.36. The lowest BCUT2D eigenvalue weighted by Crippen LogP contribution is -2.53. The molecular weight excluding hydrogens is 396 g/mol. The van der Waals surface area contributed by atoms with E-state index in [2.05, 4.69) is 9.80 Å². The van der Waals surface area contributed by atoms with Gasteiger partial charge in [0.2, 0.25) is 0 Å². The minimum Gasteiger partial charge on any atom is -0.360 e. The lowest BCUT2D eigenvalue weighted by Gasteiger charge is -2.47. The summed E-state index contributed by atoms with van der Waals surface area (Å²) in [6, 6.07) is 0. The first-order chi connectivity index (χ1) is 16.6. The molecule has 4 bridgehead atoms. The highest BCUT2D eigenvalue weighted by Gasteiger charge is 2.38. The van der Waals surface area contributed by atoms with Crippen molar-refractivity contribution in [2.45, 2.75) is 140 Å². The van der Waals surface area contributed by atoms with E-state index in [1.165, 1.54) is 38.5 Å². The number of hydrogen-bond donors (Lipinski definition) is 0. The summed E-state index contributed by atoms with van der Waals surface area (Å²) < 4.78 is 31.9. The molecule has 5 heterocycles. The van der Waals surface area contributed by atoms with Crippen LogP contribution in [0.5, 0.6) is 0 Å². The lowest BCUT2D eigenvalue weighted by molar-refractivity contribution is -0.183. The molecule has 32 heavy (non-hydrogen) atoms. The lowest BCUT2D eigenvalue weighted by atomic mass is 9.87. The number of hydrogen-bond acceptors (Lipinski definition) is 4. The Balaban J connectivity index is 1.21. The summed E-state index contributed by atoms with van der Waals surface area (Å²) >= 11 is 0. The van der Waals surface area contributed by atoms with Gasteiger partial charge in [0.15, 0.2) is 0 Å². The van der Waals surface area contributed by atoms with Gasteiger partial charge in [-0.2, -0.15) is 0 Å². The molecule has 5 rings (SSSR count). The average Bonchev–Trinajstić information content (AvgIpc) is 2.84. The first-order valence-electron chi connectivity index (χ1n) is 15.3. The Morgan fingerprint density at radius 3 is 1.31 bits per heavy atom. The monoisotopic (exact) mass is 448 g/mol. The predicted octanol–water partition coefficient (Wildman–Crippen LogP) is 6.34. The van der Waals surface area contributed by atoms with Crippen LogP contribution in [0.2, 0.25) is 0 Å². The van der Waals surface area contributed by atoms with Gasteiger partial charge in [0.1, 0.15) is 12.5 Å². The largest absolute Gasteiger partial charge is 0.360 e. The van der Waals surface area contributed by atoms with Gasteiger partial charge in [-0.25, -0.2) is 0 Å². The second kappa shape index (κ2) is 12.0. The van der Waals surface area contributed by atoms with Crippen molar-refractivity contribution >= 4 is 0 Å². The minimum absolute atomic E-state index is 0.0237. The summed E-state index contributed by atoms with van der Waals surface area (Å²) in [4.78, 5) is 4.97. The smallest absolute Gasteiger partial charge is 0.113 e. The van der Waals surface area contributed by atoms with Crippen LogP contribution in [-0.2, 0) is 9.47 Å². The Morgan fingerprint density at radius 2 is 0.844 bits per heavy atom. The Morgan fingerprint density at radius 1 is 0.438 bits per heavy atom. The maximum absolute atomic E-state index is 9.32. The zero-order valence-corrected chi connectivity index (χ0v) is 20.6. The van der Waals surface area contributed by atoms with Crippen molar-refractivity contribution in [1.82, 2.24) is 9.80 Å². The highest BCUT2D eigenvalue weighted by molar-refractivity contribution is 4.85. The predicted molar refractivity (Wildman–Crippen MR) is 131 cm³/mol. The molecule has 5 aliphatic rings. The molecule has 0 aromatic heterocycles. The Labute approximate surface area is 200 Å². The van der Waals surface area contributed by atoms with Gasteiger partial charge in [-0.1, -0.05) is 51.4 Å². The molecule has 4 heteroatoms. The van der Waals surface area contributed by atoms with Gasteiger partial charge in [-0.05, 0) is 76.0 Å². The van der Waals surface area contributed by atoms with E-state index in [0.29, 0.717) is 12.2 Å². The SMILES string of the molecule is [2H][C@]12CCCCCC[C@H]3CCN4CCC[C@]([2H])(CCCCCC[C@H]5CCN(CCC1)[C@@H]2O5)[C@H]4O3. The van der Waals surface area contributed by atoms with E-state index >= 15 is 0 Å². The Hall–Kier alpha value is -0.160. The normalized spacial score (nSPS) is 47.1. The van der Waals surface area contributed by atoms with Crippen molar-refractivity contribution in [3.8, 4) is 0 Å². The van der Waals surface area contributed by atoms with Gasteiger partial charge in [0.25, 0.3) is 0 Å². The zero-order chi connectivity index (χ0) is 23.4. The molecule has 5 saturated heterocycles. The number of ether oxygens (including phenoxy) is 2. The second-order valence-electron chi connectivity index (χ2n) is 11.3. The molecule has 6 atom stereocenters. The van der Waals surface area contributed by atoms with E-state index < -0.39 is 11.8 Å². The second-order valence-corrected chi connectivity index (χ2v) is 11.3. The maximum atomic E-state index is 9.32. The summed E-state index contributed by atoms with van der Waals surface area (Å²) in [6.45, 7) is 4.48. The summed E-state index contributed by atoms with van der Waals surface area (Å²) in [5.74, 6) is -0.821. The van der Waals surface area contributed by atoms with Crippen LogP contribution < -0.4 is 0 Å². The molecule has 0 spiro atoms. The van der Waals surface area contributed by atoms with E-state index in [0.717, 1.165) is 103 Å². The zero-order valence-electron chi connectivity index (χ0n) is 22.6. The first kappa shape index (κ1) is 21.1. The van der Waals surface area contributed by atoms with Gasteiger partial charge in [-0.15, -0.1) is 0 Å². The van der Waals surface area contributed by atoms with Crippen LogP contribution in [0.15, 0.2) is 0 Å². The van der Waals surface area contributed by atoms with Gasteiger partial charge in [0.05, 0.1) is 12.2 Å². The minimum atomic E-state index is -0.411. The molecule has 0 N–H and O–H groups in total. The fourth-order valence-corrected chi connectivity index (χ4v) is 7.04. The van der Waals surface area contributed by atoms with Gasteiger partial charge in [0, 0.05) is 28.9 Å². The third kappa shape index (κ3) is 6.09. The Bertz CT molecular complexity index is 600. The number of piperidine rings is 2. The van der Waals surface area contributed by atoms with Crippen LogP contribution in [-0.4, -0.2) is 60.6 Å². The summed E-state index contributed by atoms with van der Waals surface area (Å²) in [5, 5.41) is 0. The van der Waals surface area contributed by atoms with E-state index in [9.17, 15) is 2.74 Å². The standard InChI is InChI=1S/C28H50N2O2/c1-3-7-15-25-17-21-30-20-10-14-24(28(30)31-25)12-6-2-4-8-16-26-18-22-29-19-9-13-23(11-5-1)27(29)32-26/h23-28H,1-22H2/t23-,24-,25-,26-,27+,28+/m0/s1/i23D,24D. The number of fused-ring (bicyclic) bond motifs is 2. The molecule has 184 valence electrons. The van der Waals surface area contributed by atoms with Crippen LogP contribution in [0, 0.1) is 11.8 Å². The van der Waals surface area contributed by atoms with Crippen molar-refractivity contribution in [1.29, 1.82) is 0 Å². The molecule has 5 fully saturated rings. The highest BCUT2D eigenvalue weighted by atomic mass is 16.5. The van der Waals surface area contributed by atoms with Gasteiger partial charge >= 0.3 is 0 Å². The van der Waals surface area contributed by atoms with Gasteiger partial charge < -0.3 is 9.47 Å². The van der Waals surface area contributed by atoms with Gasteiger partial charge in [-0.3, -0.25) is 9.80 Å². The molecule has 0 unspecified atom stereocenters. The van der Waals surface area contributed by atoms with Crippen molar-refractivity contribution < 1.29 is 12.2 Å². The van der Waals surface area contributed by atoms with Crippen molar-refractivity contribution in [3.63, 3.8) is 0 Å². The molecule has 0 aromatic rings. The Kier molecular flexibility index (Phi) is 7.93. The van der Waals surface area contributed by atoms with Crippen molar-refractivity contribution in [3.05, 3.63) is 0 Å². The molecule has 0 saturated carbocycles. The quantitative estimate of drug-likeness (QED) is 0.432. The van der Waals surface area contributed by atoms with Crippen LogP contribution in [0.25, 0.3) is 0 Å². The number of nitrogens with zero attached hydrogens (tertiary/aromatic N) is 2. The summed E-state index contributed by atoms with van der Waals surface area (Å²) in [5.41, 5.74) is 0. The summed E-state index contributed by atoms with van der Waals surface area (Å²) in [7, 11) is 0. The van der Waals surface area contributed by atoms with Crippen LogP contribution in [0.4, 0.5) is 0 Å². The number of rotatable bonds is 0. The first-order valence-corrected chi connectivity index (χ1v) is 14.3. The molecule has 4 nitrogen and oxygen atoms in total. The van der Waals surface area contributed by atoms with E-state index in [4.69, 9.17) is 9.47 Å². The van der Waals surface area contributed by atoms with Crippen molar-refractivity contribution in [2.75, 3.05) is 26.2 Å². The topological polar surface area (TPSA) is 24.9 Å². The molecule has 0 aliphatic carbocycles. The molecular formula is C28H50N2O2. The maximum Gasteiger partial charge on any atom is 0.113 e. The van der Waals surface area contributed by atoms with Crippen LogP contribution >= 0.6 is 0 Å². The molecule has 0 aromatic carbocycles. The fraction of sp³-hybridized carbons (Fsp3) is 1.00. The third-order valence-electron chi connectivity index (χ3n) is 8.92. The molecule has 5 aliphatic heterocycles. The van der Waals surface area contributed by atoms with E-state index in [-0.39, 0.29) is 12.5 Å². The fourth-order valence-electron chi connectivity index (χ4n) is 7.04. The third-order valence-corrected chi connectivity index (χ3v) is 8.92. The average molecular weight is 449 g/mol. The molecule has 0 radical (unpaired) electrons. The van der Waals surface area contributed by atoms with Crippen molar-refractivity contribution in [2.24, 2.45) is 11.8 Å². The van der Waals surface area contributed by atoms with E-state index in [1.807, 2.05) is 0 Å². The van der Waals surface area contributed by atoms with E-state index in [1.54, 1.807) is 0 Å².